The van der Waals surface area contributed by atoms with Gasteiger partial charge in [-0.1, -0.05) is 12.1 Å². The summed E-state index contributed by atoms with van der Waals surface area (Å²) in [6.07, 6.45) is 0. The van der Waals surface area contributed by atoms with Gasteiger partial charge in [-0.2, -0.15) is 0 Å². The second kappa shape index (κ2) is 4.06. The molecule has 0 spiro atoms. The molecule has 4 nitrogen and oxygen atoms in total. The van der Waals surface area contributed by atoms with Crippen molar-refractivity contribution in [1.29, 1.82) is 0 Å². The predicted molar refractivity (Wildman–Crippen MR) is 49.8 cm³/mol. The maximum Gasteiger partial charge on any atom is 0.336 e. The number of hydrogen-bond acceptors (Lipinski definition) is 2. The molecule has 0 amide bonds. The lowest BCUT2D eigenvalue weighted by atomic mass is 10.0. The van der Waals surface area contributed by atoms with Gasteiger partial charge in [-0.15, -0.1) is 0 Å². The normalized spacial score (nSPS) is 9.79. The van der Waals surface area contributed by atoms with E-state index in [1.807, 2.05) is 0 Å². The molecule has 0 aliphatic rings. The number of benzene rings is 1. The first-order valence-electron chi connectivity index (χ1n) is 3.81. The highest BCUT2D eigenvalue weighted by atomic mass is 28.1. The van der Waals surface area contributed by atoms with Crippen LogP contribution in [0.3, 0.4) is 0 Å². The summed E-state index contributed by atoms with van der Waals surface area (Å²) >= 11 is 0. The van der Waals surface area contributed by atoms with Gasteiger partial charge in [-0.3, -0.25) is 0 Å². The summed E-state index contributed by atoms with van der Waals surface area (Å²) in [4.78, 5) is 21.5. The van der Waals surface area contributed by atoms with Gasteiger partial charge in [0.2, 0.25) is 0 Å². The molecule has 5 heteroatoms. The van der Waals surface area contributed by atoms with Crippen LogP contribution in [0.4, 0.5) is 0 Å². The van der Waals surface area contributed by atoms with Gasteiger partial charge < -0.3 is 10.2 Å². The first kappa shape index (κ1) is 10.5. The molecule has 0 heterocycles. The van der Waals surface area contributed by atoms with Crippen LogP contribution in [0.1, 0.15) is 26.3 Å². The summed E-state index contributed by atoms with van der Waals surface area (Å²) in [5.74, 6) is -2.46. The number of aromatic carboxylic acids is 2. The van der Waals surface area contributed by atoms with Gasteiger partial charge in [0.15, 0.2) is 0 Å². The summed E-state index contributed by atoms with van der Waals surface area (Å²) in [7, 11) is 3.15. The molecule has 0 saturated heterocycles. The standard InChI is InChI=1S/C9H7O4Si/c10-8(11)6-3-1-2-5(4-14)7(6)9(12)13/h1-3H,4H2,(H,10,11)(H,12,13). The minimum atomic E-state index is -1.23. The van der Waals surface area contributed by atoms with Crippen LogP contribution in [0.5, 0.6) is 0 Å². The third kappa shape index (κ3) is 1.82. The molecule has 0 atom stereocenters. The van der Waals surface area contributed by atoms with Crippen molar-refractivity contribution in [3.8, 4) is 0 Å². The largest absolute Gasteiger partial charge is 0.478 e. The van der Waals surface area contributed by atoms with Gasteiger partial charge in [0.05, 0.1) is 11.1 Å². The Labute approximate surface area is 83.6 Å². The molecule has 0 aromatic heterocycles. The molecule has 0 aliphatic heterocycles. The van der Waals surface area contributed by atoms with Crippen LogP contribution in [-0.4, -0.2) is 32.4 Å². The smallest absolute Gasteiger partial charge is 0.336 e. The van der Waals surface area contributed by atoms with Crippen molar-refractivity contribution in [3.05, 3.63) is 34.9 Å². The Morgan fingerprint density at radius 2 is 1.86 bits per heavy atom. The van der Waals surface area contributed by atoms with Gasteiger partial charge in [0.25, 0.3) is 0 Å². The van der Waals surface area contributed by atoms with Crippen molar-refractivity contribution < 1.29 is 19.8 Å². The van der Waals surface area contributed by atoms with Crippen LogP contribution in [0, 0.1) is 0 Å². The van der Waals surface area contributed by atoms with Crippen LogP contribution >= 0.6 is 0 Å². The molecule has 0 fully saturated rings. The maximum absolute atomic E-state index is 10.8. The van der Waals surface area contributed by atoms with Crippen molar-refractivity contribution in [2.45, 2.75) is 6.04 Å². The molecular formula is C9H7O4Si. The number of hydrogen-bond donors (Lipinski definition) is 2. The van der Waals surface area contributed by atoms with E-state index in [0.717, 1.165) is 0 Å². The van der Waals surface area contributed by atoms with Crippen molar-refractivity contribution in [2.24, 2.45) is 0 Å². The van der Waals surface area contributed by atoms with Gasteiger partial charge in [0, 0.05) is 10.2 Å². The van der Waals surface area contributed by atoms with E-state index in [1.54, 1.807) is 6.07 Å². The quantitative estimate of drug-likeness (QED) is 0.717. The van der Waals surface area contributed by atoms with Crippen molar-refractivity contribution in [2.75, 3.05) is 0 Å². The Bertz CT molecular complexity index is 386. The molecule has 0 unspecified atom stereocenters. The molecule has 2 N–H and O–H groups in total. The molecule has 0 aliphatic carbocycles. The van der Waals surface area contributed by atoms with E-state index in [4.69, 9.17) is 10.2 Å². The molecule has 1 aromatic carbocycles. The highest BCUT2D eigenvalue weighted by Crippen LogP contribution is 2.15. The zero-order valence-corrected chi connectivity index (χ0v) is 8.15. The van der Waals surface area contributed by atoms with Gasteiger partial charge in [-0.25, -0.2) is 9.59 Å². The van der Waals surface area contributed by atoms with Crippen LogP contribution in [-0.2, 0) is 6.04 Å². The van der Waals surface area contributed by atoms with E-state index in [1.165, 1.54) is 12.1 Å². The summed E-state index contributed by atoms with van der Waals surface area (Å²) in [6, 6.07) is 4.67. The van der Waals surface area contributed by atoms with E-state index < -0.39 is 11.9 Å². The second-order valence-electron chi connectivity index (χ2n) is 2.63. The number of rotatable bonds is 3. The molecule has 14 heavy (non-hydrogen) atoms. The average Bonchev–Trinajstić information content (AvgIpc) is 2.16. The lowest BCUT2D eigenvalue weighted by molar-refractivity contribution is 0.0650. The minimum absolute atomic E-state index is 0.157. The Hall–Kier alpha value is -1.62. The zero-order chi connectivity index (χ0) is 10.7. The summed E-state index contributed by atoms with van der Waals surface area (Å²) in [5, 5.41) is 17.6. The molecule has 0 bridgehead atoms. The molecule has 3 radical (unpaired) electrons. The second-order valence-corrected chi connectivity index (χ2v) is 2.98. The van der Waals surface area contributed by atoms with Crippen molar-refractivity contribution >= 4 is 22.2 Å². The summed E-state index contributed by atoms with van der Waals surface area (Å²) in [6.45, 7) is 0. The average molecular weight is 207 g/mol. The van der Waals surface area contributed by atoms with E-state index in [9.17, 15) is 9.59 Å². The van der Waals surface area contributed by atoms with Crippen LogP contribution in [0.2, 0.25) is 0 Å². The van der Waals surface area contributed by atoms with Crippen LogP contribution < -0.4 is 0 Å². The minimum Gasteiger partial charge on any atom is -0.478 e. The van der Waals surface area contributed by atoms with Crippen molar-refractivity contribution in [3.63, 3.8) is 0 Å². The fraction of sp³-hybridized carbons (Fsp3) is 0.111. The monoisotopic (exact) mass is 207 g/mol. The van der Waals surface area contributed by atoms with Crippen LogP contribution in [0.25, 0.3) is 0 Å². The first-order chi connectivity index (χ1) is 6.57. The Morgan fingerprint density at radius 1 is 1.21 bits per heavy atom. The summed E-state index contributed by atoms with van der Waals surface area (Å²) in [5.41, 5.74) is 0.109. The molecule has 71 valence electrons. The number of carboxylic acids is 2. The van der Waals surface area contributed by atoms with Gasteiger partial charge in [0.1, 0.15) is 0 Å². The summed E-state index contributed by atoms with van der Waals surface area (Å²) < 4.78 is 0. The van der Waals surface area contributed by atoms with Gasteiger partial charge >= 0.3 is 11.9 Å². The Balaban J connectivity index is 3.43. The predicted octanol–water partition coefficient (Wildman–Crippen LogP) is 0.751. The van der Waals surface area contributed by atoms with Crippen LogP contribution in [0.15, 0.2) is 18.2 Å². The van der Waals surface area contributed by atoms with Gasteiger partial charge in [-0.05, 0) is 17.7 Å². The van der Waals surface area contributed by atoms with E-state index >= 15 is 0 Å². The fourth-order valence-electron chi connectivity index (χ4n) is 1.18. The van der Waals surface area contributed by atoms with E-state index in [0.29, 0.717) is 11.6 Å². The molecule has 1 rings (SSSR count). The Kier molecular flexibility index (Phi) is 3.03. The molecular weight excluding hydrogens is 200 g/mol. The zero-order valence-electron chi connectivity index (χ0n) is 7.15. The van der Waals surface area contributed by atoms with E-state index in [-0.39, 0.29) is 11.1 Å². The molecule has 0 saturated carbocycles. The number of carbonyl (C=O) groups is 2. The first-order valence-corrected chi connectivity index (χ1v) is 4.51. The highest BCUT2D eigenvalue weighted by Gasteiger charge is 2.18. The lowest BCUT2D eigenvalue weighted by Crippen LogP contribution is -2.11. The Morgan fingerprint density at radius 3 is 2.29 bits per heavy atom. The van der Waals surface area contributed by atoms with Crippen molar-refractivity contribution in [1.82, 2.24) is 0 Å². The van der Waals surface area contributed by atoms with E-state index in [2.05, 4.69) is 10.2 Å². The third-order valence-corrected chi connectivity index (χ3v) is 2.17. The molecule has 1 aromatic rings. The lowest BCUT2D eigenvalue weighted by Gasteiger charge is -2.06. The SMILES string of the molecule is O=C(O)c1cccc(C[Si])c1C(=O)O. The third-order valence-electron chi connectivity index (χ3n) is 1.79. The number of carboxylic acid groups (broad SMARTS) is 2. The maximum atomic E-state index is 10.8. The highest BCUT2D eigenvalue weighted by molar-refractivity contribution is 6.10. The fourth-order valence-corrected chi connectivity index (χ4v) is 1.47. The topological polar surface area (TPSA) is 74.6 Å².